The van der Waals surface area contributed by atoms with Crippen molar-refractivity contribution in [3.05, 3.63) is 59.2 Å². The number of fused-ring (bicyclic) bond motifs is 1. The Morgan fingerprint density at radius 1 is 1.29 bits per heavy atom. The second-order valence-corrected chi connectivity index (χ2v) is 9.50. The summed E-state index contributed by atoms with van der Waals surface area (Å²) in [6.07, 6.45) is 8.90. The molecule has 2 N–H and O–H groups in total. The molecule has 184 valence electrons. The molecule has 1 amide bonds. The molecular formula is C25H31FN8O. The Labute approximate surface area is 204 Å². The molecule has 0 radical (unpaired) electrons. The van der Waals surface area contributed by atoms with Crippen molar-refractivity contribution in [2.45, 2.75) is 51.6 Å². The fourth-order valence-corrected chi connectivity index (χ4v) is 5.03. The Morgan fingerprint density at radius 2 is 2.11 bits per heavy atom. The molecule has 0 aliphatic carbocycles. The zero-order valence-electron chi connectivity index (χ0n) is 20.2. The lowest BCUT2D eigenvalue weighted by molar-refractivity contribution is 0.0651. The van der Waals surface area contributed by atoms with Gasteiger partial charge in [-0.3, -0.25) is 9.20 Å². The third kappa shape index (κ3) is 4.34. The average molecular weight is 479 g/mol. The molecule has 3 aliphatic heterocycles. The number of nitrogens with two attached hydrogens (primary N) is 1. The van der Waals surface area contributed by atoms with Crippen LogP contribution < -0.4 is 5.73 Å². The Morgan fingerprint density at radius 3 is 2.86 bits per heavy atom. The van der Waals surface area contributed by atoms with Crippen molar-refractivity contribution < 1.29 is 9.18 Å². The van der Waals surface area contributed by atoms with Crippen LogP contribution in [0.15, 0.2) is 52.1 Å². The summed E-state index contributed by atoms with van der Waals surface area (Å²) in [4.78, 5) is 26.6. The van der Waals surface area contributed by atoms with Crippen LogP contribution in [0.5, 0.6) is 0 Å². The van der Waals surface area contributed by atoms with Gasteiger partial charge in [-0.2, -0.15) is 9.49 Å². The molecule has 3 aliphatic rings. The summed E-state index contributed by atoms with van der Waals surface area (Å²) in [5.41, 5.74) is 8.31. The molecule has 1 unspecified atom stereocenters. The minimum absolute atomic E-state index is 0.129. The lowest BCUT2D eigenvalue weighted by Crippen LogP contribution is -2.44. The summed E-state index contributed by atoms with van der Waals surface area (Å²) in [5.74, 6) is 0.399. The van der Waals surface area contributed by atoms with Crippen LogP contribution in [0.1, 0.15) is 48.7 Å². The second kappa shape index (κ2) is 9.26. The number of imidazole rings is 1. The van der Waals surface area contributed by atoms with Gasteiger partial charge in [0, 0.05) is 50.4 Å². The van der Waals surface area contributed by atoms with E-state index in [9.17, 15) is 4.79 Å². The number of aryl methyl sites for hydroxylation is 1. The minimum Gasteiger partial charge on any atom is -0.355 e. The second-order valence-electron chi connectivity index (χ2n) is 9.50. The van der Waals surface area contributed by atoms with Crippen molar-refractivity contribution >= 4 is 24.1 Å². The van der Waals surface area contributed by atoms with E-state index >= 15 is 4.39 Å². The normalized spacial score (nSPS) is 24.2. The van der Waals surface area contributed by atoms with E-state index in [1.807, 2.05) is 26.1 Å². The van der Waals surface area contributed by atoms with Crippen molar-refractivity contribution in [2.24, 2.45) is 15.8 Å². The SMILES string of the molecule is C=NN1C=C(C)C(N2CC[C@H](N)C2)=N/C1=C/C1CCCCN1C(=O)c1nc2cc(C)ccn2c1F. The maximum absolute atomic E-state index is 15.1. The van der Waals surface area contributed by atoms with E-state index < -0.39 is 11.9 Å². The Bertz CT molecular complexity index is 1260. The number of hydrogen-bond donors (Lipinski definition) is 1. The van der Waals surface area contributed by atoms with E-state index in [0.717, 1.165) is 55.7 Å². The number of hydrogen-bond acceptors (Lipinski definition) is 7. The highest BCUT2D eigenvalue weighted by Gasteiger charge is 2.32. The minimum atomic E-state index is -0.640. The number of hydrazone groups is 1. The average Bonchev–Trinajstić information content (AvgIpc) is 3.42. The number of rotatable bonds is 3. The monoisotopic (exact) mass is 478 g/mol. The molecule has 5 rings (SSSR count). The molecule has 2 atom stereocenters. The third-order valence-corrected chi connectivity index (χ3v) is 6.88. The number of carbonyl (C=O) groups excluding carboxylic acids is 1. The number of pyridine rings is 1. The smallest absolute Gasteiger partial charge is 0.277 e. The fraction of sp³-hybridized carbons (Fsp3) is 0.440. The topological polar surface area (TPSA) is 94.8 Å². The number of likely N-dealkylation sites (tertiary alicyclic amines) is 2. The highest BCUT2D eigenvalue weighted by atomic mass is 19.1. The zero-order chi connectivity index (χ0) is 24.7. The van der Waals surface area contributed by atoms with Gasteiger partial charge in [0.25, 0.3) is 5.91 Å². The van der Waals surface area contributed by atoms with Crippen LogP contribution in [0.2, 0.25) is 0 Å². The van der Waals surface area contributed by atoms with Crippen molar-refractivity contribution in [1.82, 2.24) is 24.2 Å². The number of halogens is 1. The zero-order valence-corrected chi connectivity index (χ0v) is 20.2. The molecule has 2 aromatic rings. The molecule has 0 bridgehead atoms. The van der Waals surface area contributed by atoms with Crippen molar-refractivity contribution in [3.63, 3.8) is 0 Å². The molecule has 5 heterocycles. The Balaban J connectivity index is 1.47. The van der Waals surface area contributed by atoms with E-state index in [1.165, 1.54) is 4.40 Å². The van der Waals surface area contributed by atoms with Crippen molar-refractivity contribution in [2.75, 3.05) is 19.6 Å². The lowest BCUT2D eigenvalue weighted by atomic mass is 10.0. The summed E-state index contributed by atoms with van der Waals surface area (Å²) < 4.78 is 16.4. The number of nitrogens with zero attached hydrogens (tertiary/aromatic N) is 7. The van der Waals surface area contributed by atoms with Gasteiger partial charge in [0.15, 0.2) is 11.5 Å². The van der Waals surface area contributed by atoms with Gasteiger partial charge in [-0.05, 0) is 63.3 Å². The highest BCUT2D eigenvalue weighted by molar-refractivity contribution is 5.99. The Hall–Kier alpha value is -3.53. The summed E-state index contributed by atoms with van der Waals surface area (Å²) >= 11 is 0. The van der Waals surface area contributed by atoms with Crippen LogP contribution in [0.25, 0.3) is 5.65 Å². The third-order valence-electron chi connectivity index (χ3n) is 6.88. The molecule has 35 heavy (non-hydrogen) atoms. The van der Waals surface area contributed by atoms with Crippen LogP contribution in [-0.2, 0) is 0 Å². The molecule has 10 heteroatoms. The number of piperidine rings is 1. The predicted octanol–water partition coefficient (Wildman–Crippen LogP) is 2.88. The first-order valence-corrected chi connectivity index (χ1v) is 12.1. The highest BCUT2D eigenvalue weighted by Crippen LogP contribution is 2.27. The van der Waals surface area contributed by atoms with E-state index in [2.05, 4.69) is 21.7 Å². The molecule has 2 fully saturated rings. The standard InChI is InChI=1S/C25H31FN8O/c1-16-7-11-33-20(12-16)29-22(23(33)26)25(35)32-9-5-4-6-19(32)13-21-30-24(17(2)14-34(21)28-3)31-10-8-18(27)15-31/h7,11-14,18-19H,3-6,8-10,15,27H2,1-2H3/b21-13-/t18-,19?/m0/s1. The van der Waals surface area contributed by atoms with E-state index in [0.29, 0.717) is 18.0 Å². The fourth-order valence-electron chi connectivity index (χ4n) is 5.03. The van der Waals surface area contributed by atoms with Gasteiger partial charge >= 0.3 is 0 Å². The van der Waals surface area contributed by atoms with Gasteiger partial charge in [-0.25, -0.2) is 15.0 Å². The summed E-state index contributed by atoms with van der Waals surface area (Å²) in [5, 5.41) is 5.73. The molecular weight excluding hydrogens is 447 g/mol. The van der Waals surface area contributed by atoms with Gasteiger partial charge in [0.2, 0.25) is 5.95 Å². The number of amides is 1. The van der Waals surface area contributed by atoms with E-state index in [1.54, 1.807) is 28.2 Å². The number of aromatic nitrogens is 2. The summed E-state index contributed by atoms with van der Waals surface area (Å²) in [7, 11) is 0. The van der Waals surface area contributed by atoms with E-state index in [-0.39, 0.29) is 17.8 Å². The van der Waals surface area contributed by atoms with Crippen molar-refractivity contribution in [3.8, 4) is 0 Å². The number of amidine groups is 1. The maximum Gasteiger partial charge on any atom is 0.277 e. The van der Waals surface area contributed by atoms with Gasteiger partial charge in [0.1, 0.15) is 11.5 Å². The van der Waals surface area contributed by atoms with Crippen LogP contribution in [0.4, 0.5) is 4.39 Å². The first-order chi connectivity index (χ1) is 16.9. The first kappa shape index (κ1) is 23.2. The molecule has 9 nitrogen and oxygen atoms in total. The largest absolute Gasteiger partial charge is 0.355 e. The summed E-state index contributed by atoms with van der Waals surface area (Å²) in [6.45, 7) is 9.70. The van der Waals surface area contributed by atoms with Crippen LogP contribution in [0.3, 0.4) is 0 Å². The molecule has 2 saturated heterocycles. The molecule has 0 saturated carbocycles. The van der Waals surface area contributed by atoms with Gasteiger partial charge in [-0.1, -0.05) is 0 Å². The summed E-state index contributed by atoms with van der Waals surface area (Å²) in [6, 6.07) is 3.42. The van der Waals surface area contributed by atoms with Crippen LogP contribution >= 0.6 is 0 Å². The van der Waals surface area contributed by atoms with Gasteiger partial charge in [0.05, 0.1) is 6.04 Å². The molecule has 0 spiro atoms. The molecule has 2 aromatic heterocycles. The van der Waals surface area contributed by atoms with Gasteiger partial charge < -0.3 is 15.5 Å². The van der Waals surface area contributed by atoms with E-state index in [4.69, 9.17) is 10.7 Å². The molecule has 0 aromatic carbocycles. The van der Waals surface area contributed by atoms with Gasteiger partial charge in [-0.15, -0.1) is 0 Å². The van der Waals surface area contributed by atoms with Crippen LogP contribution in [0, 0.1) is 12.9 Å². The quantitative estimate of drug-likeness (QED) is 0.685. The maximum atomic E-state index is 15.1. The Kier molecular flexibility index (Phi) is 6.14. The lowest BCUT2D eigenvalue weighted by Gasteiger charge is -2.35. The van der Waals surface area contributed by atoms with Crippen LogP contribution in [-0.4, -0.2) is 74.4 Å². The predicted molar refractivity (Wildman–Crippen MR) is 133 cm³/mol. The first-order valence-electron chi connectivity index (χ1n) is 12.1. The number of aliphatic imine (C=N–C) groups is 1. The number of carbonyl (C=O) groups is 1. The van der Waals surface area contributed by atoms with Crippen molar-refractivity contribution in [1.29, 1.82) is 0 Å².